The monoisotopic (exact) mass is 505 g/mol. The molecule has 35 heavy (non-hydrogen) atoms. The van der Waals surface area contributed by atoms with Crippen LogP contribution < -0.4 is 14.8 Å². The summed E-state index contributed by atoms with van der Waals surface area (Å²) in [5.41, 5.74) is 2.41. The molecule has 2 heterocycles. The summed E-state index contributed by atoms with van der Waals surface area (Å²) in [5, 5.41) is 5.40. The van der Waals surface area contributed by atoms with Gasteiger partial charge in [0.15, 0.2) is 16.7 Å². The minimum absolute atomic E-state index is 0.112. The van der Waals surface area contributed by atoms with Crippen LogP contribution in [0.2, 0.25) is 0 Å². The van der Waals surface area contributed by atoms with Crippen LogP contribution in [-0.4, -0.2) is 76.7 Å². The van der Waals surface area contributed by atoms with Gasteiger partial charge in [0.1, 0.15) is 6.61 Å². The first-order chi connectivity index (χ1) is 16.9. The lowest BCUT2D eigenvalue weighted by molar-refractivity contribution is -0.141. The second-order valence-electron chi connectivity index (χ2n) is 7.66. The zero-order chi connectivity index (χ0) is 25.4. The first-order valence-corrected chi connectivity index (χ1v) is 11.9. The quantitative estimate of drug-likeness (QED) is 0.339. The molecule has 190 valence electrons. The van der Waals surface area contributed by atoms with Gasteiger partial charge in [0.2, 0.25) is 5.91 Å². The molecule has 0 fully saturated rings. The molecule has 0 saturated carbocycles. The third-order valence-corrected chi connectivity index (χ3v) is 6.32. The van der Waals surface area contributed by atoms with Crippen molar-refractivity contribution in [3.05, 3.63) is 46.1 Å². The van der Waals surface area contributed by atoms with Crippen LogP contribution in [0.5, 0.6) is 11.5 Å². The molecule has 2 aliphatic heterocycles. The maximum absolute atomic E-state index is 13.2. The van der Waals surface area contributed by atoms with Crippen molar-refractivity contribution >= 4 is 28.8 Å². The molecule has 0 aromatic heterocycles. The minimum Gasteiger partial charge on any atom is -0.493 e. The summed E-state index contributed by atoms with van der Waals surface area (Å²) in [5.74, 6) is 0.433. The van der Waals surface area contributed by atoms with E-state index >= 15 is 0 Å². The molecule has 0 radical (unpaired) electrons. The van der Waals surface area contributed by atoms with Gasteiger partial charge in [-0.05, 0) is 30.0 Å². The van der Waals surface area contributed by atoms with E-state index < -0.39 is 12.0 Å². The standard InChI is InChI=1S/C24H31N3O7S/c1-15-21(23(29)34-11-10-31-3)22(16-6-7-18(32-4)19(12-16)33-5)27-17(14-35-24(27)26-15)13-20(28)25-8-9-30-2/h6-7,12,14,22H,8-11,13H2,1-5H3,(H,25,28)/t22-/m0/s1. The summed E-state index contributed by atoms with van der Waals surface area (Å²) in [6, 6.07) is 4.89. The summed E-state index contributed by atoms with van der Waals surface area (Å²) in [4.78, 5) is 32.4. The van der Waals surface area contributed by atoms with Gasteiger partial charge in [-0.15, -0.1) is 0 Å². The summed E-state index contributed by atoms with van der Waals surface area (Å²) in [6.45, 7) is 3.00. The number of esters is 1. The number of aliphatic imine (C=N–C) groups is 1. The number of rotatable bonds is 12. The second kappa shape index (κ2) is 12.6. The van der Waals surface area contributed by atoms with E-state index in [2.05, 4.69) is 10.3 Å². The molecule has 0 unspecified atom stereocenters. The smallest absolute Gasteiger partial charge is 0.338 e. The van der Waals surface area contributed by atoms with Crippen molar-refractivity contribution in [3.63, 3.8) is 0 Å². The van der Waals surface area contributed by atoms with Crippen LogP contribution in [0.1, 0.15) is 24.9 Å². The molecule has 0 aliphatic carbocycles. The Bertz CT molecular complexity index is 1040. The average molecular weight is 506 g/mol. The molecule has 0 saturated heterocycles. The van der Waals surface area contributed by atoms with E-state index in [1.165, 1.54) is 18.9 Å². The number of ether oxygens (including phenoxy) is 5. The number of carbonyl (C=O) groups excluding carboxylic acids is 2. The van der Waals surface area contributed by atoms with E-state index in [9.17, 15) is 9.59 Å². The normalized spacial score (nSPS) is 16.9. The molecular weight excluding hydrogens is 474 g/mol. The number of carbonyl (C=O) groups is 2. The fourth-order valence-electron chi connectivity index (χ4n) is 3.78. The van der Waals surface area contributed by atoms with Gasteiger partial charge < -0.3 is 33.9 Å². The third-order valence-electron chi connectivity index (χ3n) is 5.43. The van der Waals surface area contributed by atoms with Crippen LogP contribution in [0.4, 0.5) is 0 Å². The Balaban J connectivity index is 2.00. The highest BCUT2D eigenvalue weighted by molar-refractivity contribution is 8.16. The Morgan fingerprint density at radius 2 is 1.80 bits per heavy atom. The lowest BCUT2D eigenvalue weighted by Gasteiger charge is -2.36. The average Bonchev–Trinajstić information content (AvgIpc) is 3.24. The van der Waals surface area contributed by atoms with Gasteiger partial charge in [-0.3, -0.25) is 4.79 Å². The van der Waals surface area contributed by atoms with Crippen molar-refractivity contribution in [3.8, 4) is 11.5 Å². The van der Waals surface area contributed by atoms with Gasteiger partial charge in [-0.25, -0.2) is 9.79 Å². The molecule has 1 atom stereocenters. The highest BCUT2D eigenvalue weighted by atomic mass is 32.2. The Morgan fingerprint density at radius 1 is 1.06 bits per heavy atom. The fraction of sp³-hybridized carbons (Fsp3) is 0.458. The molecule has 1 aromatic carbocycles. The molecule has 1 aromatic rings. The zero-order valence-corrected chi connectivity index (χ0v) is 21.4. The van der Waals surface area contributed by atoms with Crippen molar-refractivity contribution < 1.29 is 33.3 Å². The number of nitrogens with one attached hydrogen (secondary N) is 1. The molecule has 3 rings (SSSR count). The number of hydrogen-bond donors (Lipinski definition) is 1. The third kappa shape index (κ3) is 6.16. The Kier molecular flexibility index (Phi) is 9.58. The summed E-state index contributed by atoms with van der Waals surface area (Å²) in [6.07, 6.45) is 0.116. The van der Waals surface area contributed by atoms with E-state index in [0.29, 0.717) is 41.1 Å². The number of methoxy groups -OCH3 is 4. The van der Waals surface area contributed by atoms with Gasteiger partial charge >= 0.3 is 5.97 Å². The van der Waals surface area contributed by atoms with Crippen LogP contribution >= 0.6 is 11.8 Å². The second-order valence-corrected chi connectivity index (χ2v) is 8.49. The Morgan fingerprint density at radius 3 is 2.49 bits per heavy atom. The molecule has 0 spiro atoms. The maximum Gasteiger partial charge on any atom is 0.338 e. The Labute approximate surface area is 209 Å². The maximum atomic E-state index is 13.2. The highest BCUT2D eigenvalue weighted by Gasteiger charge is 2.41. The number of amidine groups is 1. The molecule has 10 nitrogen and oxygen atoms in total. The number of allylic oxidation sites excluding steroid dienone is 1. The molecule has 2 aliphatic rings. The van der Waals surface area contributed by atoms with Gasteiger partial charge in [0, 0.05) is 26.5 Å². The minimum atomic E-state index is -0.578. The van der Waals surface area contributed by atoms with Crippen molar-refractivity contribution in [2.45, 2.75) is 19.4 Å². The largest absolute Gasteiger partial charge is 0.493 e. The number of hydrogen-bond acceptors (Lipinski definition) is 10. The number of benzene rings is 1. The van der Waals surface area contributed by atoms with Gasteiger partial charge in [-0.1, -0.05) is 17.8 Å². The lowest BCUT2D eigenvalue weighted by atomic mass is 9.93. The van der Waals surface area contributed by atoms with Crippen LogP contribution in [0.3, 0.4) is 0 Å². The first-order valence-electron chi connectivity index (χ1n) is 11.0. The predicted molar refractivity (Wildman–Crippen MR) is 132 cm³/mol. The van der Waals surface area contributed by atoms with E-state index in [4.69, 9.17) is 23.7 Å². The van der Waals surface area contributed by atoms with Crippen LogP contribution in [0.25, 0.3) is 0 Å². The number of nitrogens with zero attached hydrogens (tertiary/aromatic N) is 2. The summed E-state index contributed by atoms with van der Waals surface area (Å²) < 4.78 is 26.4. The molecule has 0 bridgehead atoms. The highest BCUT2D eigenvalue weighted by Crippen LogP contribution is 2.46. The van der Waals surface area contributed by atoms with Crippen LogP contribution in [0.15, 0.2) is 45.6 Å². The summed E-state index contributed by atoms with van der Waals surface area (Å²) >= 11 is 1.41. The van der Waals surface area contributed by atoms with Crippen LogP contribution in [-0.2, 0) is 23.8 Å². The van der Waals surface area contributed by atoms with Gasteiger partial charge in [0.05, 0.1) is 51.2 Å². The predicted octanol–water partition coefficient (Wildman–Crippen LogP) is 2.62. The topological polar surface area (TPSA) is 108 Å². The summed E-state index contributed by atoms with van der Waals surface area (Å²) in [7, 11) is 6.23. The van der Waals surface area contributed by atoms with E-state index in [-0.39, 0.29) is 25.5 Å². The molecule has 1 amide bonds. The van der Waals surface area contributed by atoms with E-state index in [1.807, 2.05) is 22.4 Å². The SMILES string of the molecule is COCCNC(=O)CC1=CSC2=NC(C)=C(C(=O)OCCOC)[C@H](c3ccc(OC)c(OC)c3)N12. The molecule has 1 N–H and O–H groups in total. The molecular formula is C24H31N3O7S. The Hall–Kier alpha value is -3.02. The first kappa shape index (κ1) is 26.6. The number of amides is 1. The van der Waals surface area contributed by atoms with Crippen molar-refractivity contribution in [1.29, 1.82) is 0 Å². The lowest BCUT2D eigenvalue weighted by Crippen LogP contribution is -2.38. The van der Waals surface area contributed by atoms with Crippen molar-refractivity contribution in [2.75, 3.05) is 54.8 Å². The van der Waals surface area contributed by atoms with Crippen LogP contribution in [0, 0.1) is 0 Å². The van der Waals surface area contributed by atoms with Gasteiger partial charge in [0.25, 0.3) is 0 Å². The molecule has 11 heteroatoms. The van der Waals surface area contributed by atoms with E-state index in [1.54, 1.807) is 34.3 Å². The van der Waals surface area contributed by atoms with Crippen molar-refractivity contribution in [1.82, 2.24) is 10.2 Å². The van der Waals surface area contributed by atoms with Gasteiger partial charge in [-0.2, -0.15) is 0 Å². The zero-order valence-electron chi connectivity index (χ0n) is 20.6. The fourth-order valence-corrected chi connectivity index (χ4v) is 4.75. The number of thioether (sulfide) groups is 1. The number of fused-ring (bicyclic) bond motifs is 1. The van der Waals surface area contributed by atoms with E-state index in [0.717, 1.165) is 11.3 Å². The van der Waals surface area contributed by atoms with Crippen molar-refractivity contribution in [2.24, 2.45) is 4.99 Å².